The molecule has 16 heavy (non-hydrogen) atoms. The third kappa shape index (κ3) is 4.26. The van der Waals surface area contributed by atoms with Crippen molar-refractivity contribution in [1.29, 1.82) is 0 Å². The van der Waals surface area contributed by atoms with Gasteiger partial charge in [0.05, 0.1) is 0 Å². The summed E-state index contributed by atoms with van der Waals surface area (Å²) in [5.41, 5.74) is 0. The molecule has 1 rings (SSSR count). The quantitative estimate of drug-likeness (QED) is 0.799. The van der Waals surface area contributed by atoms with Gasteiger partial charge in [0.15, 0.2) is 0 Å². The molecule has 0 bridgehead atoms. The minimum absolute atomic E-state index is 0.420. The average Bonchev–Trinajstić information content (AvgIpc) is 2.25. The largest absolute Gasteiger partial charge is 0.373 e. The number of nitrogens with one attached hydrogen (secondary N) is 2. The van der Waals surface area contributed by atoms with E-state index in [1.807, 2.05) is 31.8 Å². The van der Waals surface area contributed by atoms with Crippen molar-refractivity contribution in [2.45, 2.75) is 26.8 Å². The van der Waals surface area contributed by atoms with Crippen molar-refractivity contribution >= 4 is 23.4 Å². The second-order valence-corrected chi connectivity index (χ2v) is 4.96. The second kappa shape index (κ2) is 6.58. The number of aromatic nitrogens is 2. The van der Waals surface area contributed by atoms with Gasteiger partial charge in [0.25, 0.3) is 0 Å². The number of hydrogen-bond donors (Lipinski definition) is 2. The summed E-state index contributed by atoms with van der Waals surface area (Å²) in [6, 6.07) is 2.35. The van der Waals surface area contributed by atoms with Crippen molar-refractivity contribution in [3.8, 4) is 0 Å². The summed E-state index contributed by atoms with van der Waals surface area (Å²) in [6.45, 7) is 6.24. The lowest BCUT2D eigenvalue weighted by atomic mass is 10.4. The molecule has 5 heteroatoms. The molecular formula is C11H20N4S. The van der Waals surface area contributed by atoms with E-state index in [1.165, 1.54) is 0 Å². The highest BCUT2D eigenvalue weighted by Crippen LogP contribution is 2.13. The lowest BCUT2D eigenvalue weighted by molar-refractivity contribution is 0.893. The normalized spacial score (nSPS) is 12.2. The summed E-state index contributed by atoms with van der Waals surface area (Å²) in [4.78, 5) is 8.61. The van der Waals surface area contributed by atoms with E-state index in [-0.39, 0.29) is 0 Å². The Hall–Kier alpha value is -0.970. The zero-order valence-corrected chi connectivity index (χ0v) is 11.2. The van der Waals surface area contributed by atoms with Gasteiger partial charge in [-0.3, -0.25) is 0 Å². The number of anilines is 2. The van der Waals surface area contributed by atoms with Gasteiger partial charge in [0.1, 0.15) is 17.5 Å². The van der Waals surface area contributed by atoms with Crippen LogP contribution in [0.25, 0.3) is 0 Å². The molecule has 0 radical (unpaired) electrons. The maximum atomic E-state index is 4.36. The minimum atomic E-state index is 0.420. The second-order valence-electron chi connectivity index (χ2n) is 3.64. The smallest absolute Gasteiger partial charge is 0.132 e. The van der Waals surface area contributed by atoms with Crippen LogP contribution in [0.15, 0.2) is 6.07 Å². The van der Waals surface area contributed by atoms with Gasteiger partial charge >= 0.3 is 0 Å². The number of aryl methyl sites for hydroxylation is 1. The van der Waals surface area contributed by atoms with Crippen LogP contribution in [0.1, 0.15) is 19.7 Å². The fraction of sp³-hybridized carbons (Fsp3) is 0.636. The van der Waals surface area contributed by atoms with Gasteiger partial charge in [-0.2, -0.15) is 11.8 Å². The fourth-order valence-electron chi connectivity index (χ4n) is 1.36. The van der Waals surface area contributed by atoms with E-state index >= 15 is 0 Å². The van der Waals surface area contributed by atoms with Gasteiger partial charge in [0, 0.05) is 24.9 Å². The molecule has 0 aliphatic rings. The van der Waals surface area contributed by atoms with Crippen molar-refractivity contribution in [2.24, 2.45) is 0 Å². The molecule has 2 N–H and O–H groups in total. The molecule has 0 fully saturated rings. The van der Waals surface area contributed by atoms with Crippen LogP contribution in [0.3, 0.4) is 0 Å². The molecule has 1 atom stereocenters. The zero-order chi connectivity index (χ0) is 12.0. The third-order valence-electron chi connectivity index (χ3n) is 2.06. The molecule has 1 aromatic heterocycles. The SMILES string of the molecule is CCSCC(C)Nc1cc(NC)nc(C)n1. The van der Waals surface area contributed by atoms with Crippen LogP contribution in [0.2, 0.25) is 0 Å². The molecule has 1 aromatic rings. The summed E-state index contributed by atoms with van der Waals surface area (Å²) in [7, 11) is 1.86. The van der Waals surface area contributed by atoms with E-state index < -0.39 is 0 Å². The van der Waals surface area contributed by atoms with Gasteiger partial charge < -0.3 is 10.6 Å². The Labute approximate surface area is 102 Å². The first-order valence-corrected chi connectivity index (χ1v) is 6.69. The number of thioether (sulfide) groups is 1. The maximum Gasteiger partial charge on any atom is 0.132 e. The molecule has 1 unspecified atom stereocenters. The highest BCUT2D eigenvalue weighted by Gasteiger charge is 2.04. The van der Waals surface area contributed by atoms with Crippen LogP contribution in [-0.4, -0.2) is 34.6 Å². The highest BCUT2D eigenvalue weighted by atomic mass is 32.2. The van der Waals surface area contributed by atoms with Crippen molar-refractivity contribution in [3.63, 3.8) is 0 Å². The van der Waals surface area contributed by atoms with Crippen LogP contribution >= 0.6 is 11.8 Å². The van der Waals surface area contributed by atoms with E-state index in [0.717, 1.165) is 29.0 Å². The molecule has 1 heterocycles. The zero-order valence-electron chi connectivity index (χ0n) is 10.4. The molecule has 0 aliphatic carbocycles. The van der Waals surface area contributed by atoms with E-state index in [0.29, 0.717) is 6.04 Å². The highest BCUT2D eigenvalue weighted by molar-refractivity contribution is 7.99. The monoisotopic (exact) mass is 240 g/mol. The molecular weight excluding hydrogens is 220 g/mol. The first kappa shape index (κ1) is 13.1. The predicted octanol–water partition coefficient (Wildman–Crippen LogP) is 2.38. The van der Waals surface area contributed by atoms with Crippen molar-refractivity contribution in [1.82, 2.24) is 9.97 Å². The van der Waals surface area contributed by atoms with E-state index in [4.69, 9.17) is 0 Å². The number of nitrogens with zero attached hydrogens (tertiary/aromatic N) is 2. The Morgan fingerprint density at radius 1 is 1.38 bits per heavy atom. The molecule has 90 valence electrons. The van der Waals surface area contributed by atoms with E-state index in [2.05, 4.69) is 34.4 Å². The van der Waals surface area contributed by atoms with Crippen molar-refractivity contribution < 1.29 is 0 Å². The molecule has 0 amide bonds. The summed E-state index contributed by atoms with van der Waals surface area (Å²) in [5, 5.41) is 6.41. The topological polar surface area (TPSA) is 49.8 Å². The van der Waals surface area contributed by atoms with Gasteiger partial charge in [-0.05, 0) is 19.6 Å². The predicted molar refractivity (Wildman–Crippen MR) is 72.4 cm³/mol. The average molecular weight is 240 g/mol. The van der Waals surface area contributed by atoms with Crippen LogP contribution in [0.5, 0.6) is 0 Å². The number of rotatable bonds is 6. The lowest BCUT2D eigenvalue weighted by Crippen LogP contribution is -2.19. The molecule has 4 nitrogen and oxygen atoms in total. The standard InChI is InChI=1S/C11H20N4S/c1-5-16-7-8(2)13-11-6-10(12-4)14-9(3)15-11/h6,8H,5,7H2,1-4H3,(H2,12,13,14,15). The molecule has 0 aromatic carbocycles. The van der Waals surface area contributed by atoms with Gasteiger partial charge in [-0.15, -0.1) is 0 Å². The minimum Gasteiger partial charge on any atom is -0.373 e. The van der Waals surface area contributed by atoms with Crippen molar-refractivity contribution in [2.75, 3.05) is 29.2 Å². The van der Waals surface area contributed by atoms with Crippen LogP contribution in [-0.2, 0) is 0 Å². The van der Waals surface area contributed by atoms with Crippen molar-refractivity contribution in [3.05, 3.63) is 11.9 Å². The lowest BCUT2D eigenvalue weighted by Gasteiger charge is -2.14. The summed E-state index contributed by atoms with van der Waals surface area (Å²) in [5.74, 6) is 4.77. The summed E-state index contributed by atoms with van der Waals surface area (Å²) >= 11 is 1.93. The Morgan fingerprint density at radius 2 is 2.06 bits per heavy atom. The number of hydrogen-bond acceptors (Lipinski definition) is 5. The van der Waals surface area contributed by atoms with Crippen LogP contribution in [0.4, 0.5) is 11.6 Å². The van der Waals surface area contributed by atoms with Gasteiger partial charge in [-0.1, -0.05) is 6.92 Å². The molecule has 0 aliphatic heterocycles. The Kier molecular flexibility index (Phi) is 5.38. The molecule has 0 saturated carbocycles. The van der Waals surface area contributed by atoms with Crippen LogP contribution < -0.4 is 10.6 Å². The Balaban J connectivity index is 2.61. The fourth-order valence-corrected chi connectivity index (χ4v) is 2.03. The molecule has 0 saturated heterocycles. The Morgan fingerprint density at radius 3 is 2.69 bits per heavy atom. The summed E-state index contributed by atoms with van der Waals surface area (Å²) in [6.07, 6.45) is 0. The third-order valence-corrected chi connectivity index (χ3v) is 3.20. The Bertz CT molecular complexity index is 330. The van der Waals surface area contributed by atoms with Crippen LogP contribution in [0, 0.1) is 6.92 Å². The molecule has 0 spiro atoms. The van der Waals surface area contributed by atoms with E-state index in [9.17, 15) is 0 Å². The first-order valence-electron chi connectivity index (χ1n) is 5.53. The van der Waals surface area contributed by atoms with Gasteiger partial charge in [0.2, 0.25) is 0 Å². The first-order chi connectivity index (χ1) is 7.65. The van der Waals surface area contributed by atoms with E-state index in [1.54, 1.807) is 0 Å². The van der Waals surface area contributed by atoms with Gasteiger partial charge in [-0.25, -0.2) is 9.97 Å². The maximum absolute atomic E-state index is 4.36. The summed E-state index contributed by atoms with van der Waals surface area (Å²) < 4.78 is 0.